The number of hydrogen-bond donors (Lipinski definition) is 9. The summed E-state index contributed by atoms with van der Waals surface area (Å²) < 4.78 is 36.9. The summed E-state index contributed by atoms with van der Waals surface area (Å²) in [4.78, 5) is 145. The van der Waals surface area contributed by atoms with Gasteiger partial charge in [0.25, 0.3) is 11.8 Å². The van der Waals surface area contributed by atoms with Crippen molar-refractivity contribution >= 4 is 65.2 Å². The highest BCUT2D eigenvalue weighted by molar-refractivity contribution is 6.14. The lowest BCUT2D eigenvalue weighted by molar-refractivity contribution is -0.142. The number of hydrogen-bond acceptors (Lipinski definition) is 13. The van der Waals surface area contributed by atoms with Crippen LogP contribution in [0.4, 0.5) is 13.6 Å². The Morgan fingerprint density at radius 1 is 0.728 bits per heavy atom. The highest BCUT2D eigenvalue weighted by Gasteiger charge is 2.39. The van der Waals surface area contributed by atoms with E-state index in [4.69, 9.17) is 10.5 Å². The van der Waals surface area contributed by atoms with Crippen molar-refractivity contribution in [2.45, 2.75) is 90.3 Å². The Hall–Kier alpha value is -9.33. The maximum absolute atomic E-state index is 15.4. The average molecular weight is 1130 g/mol. The Morgan fingerprint density at radius 3 is 1.90 bits per heavy atom. The fraction of sp³-hybridized carbons (Fsp3) is 0.364. The minimum absolute atomic E-state index is 0.0981. The zero-order chi connectivity index (χ0) is 59.6. The van der Waals surface area contributed by atoms with E-state index in [0.717, 1.165) is 35.9 Å². The Labute approximate surface area is 463 Å². The normalized spacial score (nSPS) is 13.9. The summed E-state index contributed by atoms with van der Waals surface area (Å²) in [6.45, 7) is 3.70. The number of imide groups is 1. The molecule has 0 unspecified atom stereocenters. The van der Waals surface area contributed by atoms with Crippen LogP contribution in [0.3, 0.4) is 0 Å². The first-order valence-electron chi connectivity index (χ1n) is 25.4. The molecule has 0 saturated heterocycles. The van der Waals surface area contributed by atoms with E-state index < -0.39 is 151 Å². The summed E-state index contributed by atoms with van der Waals surface area (Å²) in [7, 11) is 0. The molecule has 432 valence electrons. The third-order valence-corrected chi connectivity index (χ3v) is 12.5. The number of nitrogens with two attached hydrogens (primary N) is 1. The first-order chi connectivity index (χ1) is 38.3. The molecule has 3 aromatic carbocycles. The van der Waals surface area contributed by atoms with Crippen LogP contribution in [0.1, 0.15) is 69.8 Å². The van der Waals surface area contributed by atoms with Gasteiger partial charge in [0.15, 0.2) is 0 Å². The van der Waals surface area contributed by atoms with Gasteiger partial charge < -0.3 is 62.1 Å². The van der Waals surface area contributed by atoms with E-state index in [0.29, 0.717) is 16.2 Å². The molecule has 24 nitrogen and oxygen atoms in total. The van der Waals surface area contributed by atoms with Gasteiger partial charge in [-0.15, -0.1) is 0 Å². The number of aromatic nitrogens is 1. The van der Waals surface area contributed by atoms with E-state index in [-0.39, 0.29) is 37.4 Å². The number of aliphatic hydroxyl groups is 1. The molecule has 10 amide bonds. The van der Waals surface area contributed by atoms with Gasteiger partial charge in [-0.25, -0.2) is 13.6 Å². The molecular weight excluding hydrogens is 1060 g/mol. The predicted octanol–water partition coefficient (Wildman–Crippen LogP) is 1.06. The molecule has 5 rings (SSSR count). The van der Waals surface area contributed by atoms with Crippen molar-refractivity contribution in [2.24, 2.45) is 11.1 Å². The third-order valence-electron chi connectivity index (χ3n) is 12.5. The lowest BCUT2D eigenvalue weighted by atomic mass is 9.82. The lowest BCUT2D eigenvalue weighted by Gasteiger charge is -2.41. The van der Waals surface area contributed by atoms with Crippen molar-refractivity contribution in [3.05, 3.63) is 132 Å². The number of halogens is 2. The maximum Gasteiger partial charge on any atom is 0.408 e. The maximum atomic E-state index is 15.4. The first kappa shape index (κ1) is 62.5. The number of rotatable bonds is 28. The zero-order valence-electron chi connectivity index (χ0n) is 44.7. The number of carboxylic acid groups (broad SMARTS) is 1. The topological polar surface area (TPSA) is 347 Å². The van der Waals surface area contributed by atoms with Gasteiger partial charge in [0, 0.05) is 61.3 Å². The molecular formula is C55H64F2N10O14. The molecule has 0 saturated carbocycles. The molecule has 1 aliphatic rings. The molecule has 0 fully saturated rings. The highest BCUT2D eigenvalue weighted by Crippen LogP contribution is 2.41. The van der Waals surface area contributed by atoms with Crippen LogP contribution in [-0.4, -0.2) is 147 Å². The molecule has 81 heavy (non-hydrogen) atoms. The fourth-order valence-electron chi connectivity index (χ4n) is 8.58. The molecule has 0 bridgehead atoms. The van der Waals surface area contributed by atoms with Gasteiger partial charge in [0.2, 0.25) is 41.4 Å². The summed E-state index contributed by atoms with van der Waals surface area (Å²) in [5.41, 5.74) is 6.45. The number of primary amides is 1. The van der Waals surface area contributed by atoms with Crippen molar-refractivity contribution in [2.75, 3.05) is 32.8 Å². The second kappa shape index (κ2) is 29.0. The Morgan fingerprint density at radius 2 is 1.31 bits per heavy atom. The molecule has 26 heteroatoms. The van der Waals surface area contributed by atoms with E-state index in [1.165, 1.54) is 11.8 Å². The van der Waals surface area contributed by atoms with Crippen LogP contribution in [0.2, 0.25) is 0 Å². The number of nitrogens with one attached hydrogen (secondary N) is 6. The largest absolute Gasteiger partial charge is 0.481 e. The number of carbonyl (C=O) groups excluding carboxylic acids is 10. The summed E-state index contributed by atoms with van der Waals surface area (Å²) in [6.07, 6.45) is -0.0107. The van der Waals surface area contributed by atoms with Crippen LogP contribution in [-0.2, 0) is 65.8 Å². The summed E-state index contributed by atoms with van der Waals surface area (Å²) in [5, 5.41) is 34.2. The van der Waals surface area contributed by atoms with Gasteiger partial charge in [-0.05, 0) is 54.2 Å². The molecule has 0 radical (unpaired) electrons. The Bertz CT molecular complexity index is 2990. The van der Waals surface area contributed by atoms with Crippen LogP contribution in [0.5, 0.6) is 0 Å². The smallest absolute Gasteiger partial charge is 0.408 e. The predicted molar refractivity (Wildman–Crippen MR) is 284 cm³/mol. The van der Waals surface area contributed by atoms with Crippen molar-refractivity contribution < 1.29 is 76.5 Å². The SMILES string of the molecule is C[C@H](NC(=O)OCc1ccccc1)C(=O)N[C@H](CC(=O)O)C(=O)N[C@@H](CC(N)=O)C(=O)N[C@@H](CCN(C(=O)CO)[C@@H](c1cc(-c2cc(F)ccc2F)cn1Cc1ccccc1)C(C)(C)C)C(=O)NCCNC(=O)CN1C(=O)C=CC1=O. The van der Waals surface area contributed by atoms with Gasteiger partial charge in [0.05, 0.1) is 18.9 Å². The third kappa shape index (κ3) is 18.7. The van der Waals surface area contributed by atoms with Crippen LogP contribution in [0.15, 0.2) is 103 Å². The van der Waals surface area contributed by atoms with E-state index in [2.05, 4.69) is 31.9 Å². The lowest BCUT2D eigenvalue weighted by Crippen LogP contribution is -2.59. The van der Waals surface area contributed by atoms with E-state index in [1.54, 1.807) is 86.1 Å². The molecule has 5 atom stereocenters. The minimum atomic E-state index is -1.97. The van der Waals surface area contributed by atoms with Crippen molar-refractivity contribution in [1.29, 1.82) is 0 Å². The van der Waals surface area contributed by atoms with Crippen LogP contribution < -0.4 is 37.6 Å². The number of aliphatic carboxylic acids is 1. The van der Waals surface area contributed by atoms with Gasteiger partial charge in [0.1, 0.15) is 55.6 Å². The minimum Gasteiger partial charge on any atom is -0.481 e. The standard InChI is InChI=1S/C55H64F2N10O14/c1-32(61-54(80)81-31-34-13-9-6-10-14-34)50(76)63-41(26-48(74)75)53(79)64-40(25-43(58)69)52(78)62-39(51(77)60-21-20-59-44(70)29-67-45(71)17-18-46(67)72)19-22-66(47(73)30-68)49(55(2,3)4)42-23-35(37-24-36(56)15-16-38(37)57)28-65(42)27-33-11-7-5-8-12-33/h5-18,23-24,28,32,39-41,49,68H,19-22,25-27,29-31H2,1-4H3,(H2,58,69)(H,59,70)(H,60,77)(H,61,80)(H,62,78)(H,63,76)(H,64,79)(H,74,75)/t32-,39-,40-,41+,49-/m0/s1. The van der Waals surface area contributed by atoms with E-state index in [1.807, 2.05) is 12.1 Å². The monoisotopic (exact) mass is 1130 g/mol. The number of nitrogens with zero attached hydrogens (tertiary/aromatic N) is 3. The van der Waals surface area contributed by atoms with Crippen LogP contribution >= 0.6 is 0 Å². The number of benzene rings is 3. The van der Waals surface area contributed by atoms with Gasteiger partial charge >= 0.3 is 12.1 Å². The zero-order valence-corrected chi connectivity index (χ0v) is 44.7. The highest BCUT2D eigenvalue weighted by atomic mass is 19.1. The molecule has 1 aliphatic heterocycles. The molecule has 10 N–H and O–H groups in total. The molecule has 4 aromatic rings. The molecule has 0 spiro atoms. The number of aliphatic hydroxyl groups excluding tert-OH is 1. The summed E-state index contributed by atoms with van der Waals surface area (Å²) >= 11 is 0. The second-order valence-corrected chi connectivity index (χ2v) is 19.8. The number of carbonyl (C=O) groups is 11. The van der Waals surface area contributed by atoms with E-state index in [9.17, 15) is 67.3 Å². The molecule has 1 aromatic heterocycles. The van der Waals surface area contributed by atoms with Crippen molar-refractivity contribution in [3.63, 3.8) is 0 Å². The number of alkyl carbamates (subject to hydrolysis) is 1. The van der Waals surface area contributed by atoms with Gasteiger partial charge in [-0.2, -0.15) is 0 Å². The number of ether oxygens (including phenoxy) is 1. The van der Waals surface area contributed by atoms with Gasteiger partial charge in [-0.1, -0.05) is 81.4 Å². The Kier molecular flexibility index (Phi) is 22.4. The summed E-state index contributed by atoms with van der Waals surface area (Å²) in [6, 6.07) is 14.0. The van der Waals surface area contributed by atoms with Crippen molar-refractivity contribution in [1.82, 2.24) is 46.3 Å². The molecule has 2 heterocycles. The first-order valence-corrected chi connectivity index (χ1v) is 25.4. The van der Waals surface area contributed by atoms with Gasteiger partial charge in [-0.3, -0.25) is 52.8 Å². The second-order valence-electron chi connectivity index (χ2n) is 19.8. The summed E-state index contributed by atoms with van der Waals surface area (Å²) in [5.74, 6) is -12.0. The average Bonchev–Trinajstić information content (AvgIpc) is 4.17. The fourth-order valence-corrected chi connectivity index (χ4v) is 8.58. The van der Waals surface area contributed by atoms with Crippen LogP contribution in [0.25, 0.3) is 11.1 Å². The van der Waals surface area contributed by atoms with Crippen molar-refractivity contribution in [3.8, 4) is 11.1 Å². The van der Waals surface area contributed by atoms with Crippen LogP contribution in [0, 0.1) is 17.0 Å². The number of carboxylic acids is 1. The van der Waals surface area contributed by atoms with E-state index >= 15 is 4.39 Å². The quantitative estimate of drug-likeness (QED) is 0.0284. The Balaban J connectivity index is 1.43. The number of amides is 10. The molecule has 0 aliphatic carbocycles.